The van der Waals surface area contributed by atoms with Gasteiger partial charge in [0, 0.05) is 12.5 Å². The van der Waals surface area contributed by atoms with Crippen LogP contribution in [-0.2, 0) is 10.6 Å². The molecule has 0 saturated carbocycles. The summed E-state index contributed by atoms with van der Waals surface area (Å²) >= 11 is 12.8. The summed E-state index contributed by atoms with van der Waals surface area (Å²) in [4.78, 5) is 0. The highest BCUT2D eigenvalue weighted by Gasteiger charge is 2.16. The van der Waals surface area contributed by atoms with E-state index >= 15 is 0 Å². The number of ether oxygens (including phenoxy) is 2. The van der Waals surface area contributed by atoms with Crippen molar-refractivity contribution in [3.63, 3.8) is 0 Å². The number of benzene rings is 1. The second-order valence-electron chi connectivity index (χ2n) is 4.32. The Morgan fingerprint density at radius 2 is 2.00 bits per heavy atom. The number of hydrogen-bond acceptors (Lipinski definition) is 2. The second-order valence-corrected chi connectivity index (χ2v) is 6.30. The van der Waals surface area contributed by atoms with Gasteiger partial charge in [0.15, 0.2) is 0 Å². The topological polar surface area (TPSA) is 18.5 Å². The van der Waals surface area contributed by atoms with Crippen molar-refractivity contribution < 1.29 is 9.47 Å². The summed E-state index contributed by atoms with van der Waals surface area (Å²) in [5, 5.41) is 0. The molecule has 18 heavy (non-hydrogen) atoms. The Balaban J connectivity index is 2.00. The standard InChI is InChI=1S/C13H15Br2ClO2/c14-11-5-9(7-16)6-12(15)13(11)18-8-10-3-1-2-4-17-10/h5-6,10H,1-4,7-8H2. The van der Waals surface area contributed by atoms with Crippen LogP contribution in [0.4, 0.5) is 0 Å². The molecule has 5 heteroatoms. The van der Waals surface area contributed by atoms with E-state index in [0.29, 0.717) is 12.5 Å². The number of halogens is 3. The average Bonchev–Trinajstić information content (AvgIpc) is 2.38. The van der Waals surface area contributed by atoms with Crippen molar-refractivity contribution in [1.82, 2.24) is 0 Å². The first kappa shape index (κ1) is 14.6. The average molecular weight is 399 g/mol. The summed E-state index contributed by atoms with van der Waals surface area (Å²) in [6.07, 6.45) is 3.68. The molecule has 1 saturated heterocycles. The summed E-state index contributed by atoms with van der Waals surface area (Å²) in [6.45, 7) is 1.44. The van der Waals surface area contributed by atoms with E-state index in [1.807, 2.05) is 12.1 Å². The Kier molecular flexibility index (Phi) is 5.80. The molecule has 0 bridgehead atoms. The molecular formula is C13H15Br2ClO2. The third-order valence-corrected chi connectivity index (χ3v) is 4.39. The highest BCUT2D eigenvalue weighted by Crippen LogP contribution is 2.35. The maximum Gasteiger partial charge on any atom is 0.147 e. The smallest absolute Gasteiger partial charge is 0.147 e. The molecule has 1 fully saturated rings. The van der Waals surface area contributed by atoms with Crippen LogP contribution >= 0.6 is 43.5 Å². The van der Waals surface area contributed by atoms with Gasteiger partial charge >= 0.3 is 0 Å². The van der Waals surface area contributed by atoms with E-state index in [-0.39, 0.29) is 6.10 Å². The van der Waals surface area contributed by atoms with Crippen molar-refractivity contribution in [1.29, 1.82) is 0 Å². The number of hydrogen-bond donors (Lipinski definition) is 0. The lowest BCUT2D eigenvalue weighted by atomic mass is 10.1. The van der Waals surface area contributed by atoms with Gasteiger partial charge in [0.2, 0.25) is 0 Å². The molecule has 2 nitrogen and oxygen atoms in total. The van der Waals surface area contributed by atoms with Gasteiger partial charge in [-0.15, -0.1) is 11.6 Å². The maximum absolute atomic E-state index is 5.84. The highest BCUT2D eigenvalue weighted by molar-refractivity contribution is 9.11. The van der Waals surface area contributed by atoms with Gasteiger partial charge in [0.25, 0.3) is 0 Å². The molecule has 0 aromatic heterocycles. The van der Waals surface area contributed by atoms with Crippen molar-refractivity contribution in [3.05, 3.63) is 26.6 Å². The fourth-order valence-corrected chi connectivity index (χ4v) is 3.61. The van der Waals surface area contributed by atoms with Crippen molar-refractivity contribution in [2.45, 2.75) is 31.2 Å². The molecule has 0 radical (unpaired) electrons. The van der Waals surface area contributed by atoms with Gasteiger partial charge in [-0.1, -0.05) is 0 Å². The van der Waals surface area contributed by atoms with E-state index in [0.717, 1.165) is 39.7 Å². The minimum absolute atomic E-state index is 0.213. The van der Waals surface area contributed by atoms with Crippen LogP contribution in [0.2, 0.25) is 0 Å². The quantitative estimate of drug-likeness (QED) is 0.672. The van der Waals surface area contributed by atoms with Crippen molar-refractivity contribution in [2.24, 2.45) is 0 Å². The lowest BCUT2D eigenvalue weighted by Crippen LogP contribution is -2.25. The largest absolute Gasteiger partial charge is 0.489 e. The Labute approximate surface area is 129 Å². The normalized spacial score (nSPS) is 19.8. The first-order valence-electron chi connectivity index (χ1n) is 5.99. The number of alkyl halides is 1. The van der Waals surface area contributed by atoms with Crippen molar-refractivity contribution >= 4 is 43.5 Å². The Hall–Kier alpha value is 0.230. The Morgan fingerprint density at radius 3 is 2.56 bits per heavy atom. The summed E-state index contributed by atoms with van der Waals surface area (Å²) < 4.78 is 13.3. The second kappa shape index (κ2) is 7.13. The highest BCUT2D eigenvalue weighted by atomic mass is 79.9. The van der Waals surface area contributed by atoms with E-state index in [4.69, 9.17) is 21.1 Å². The van der Waals surface area contributed by atoms with E-state index in [9.17, 15) is 0 Å². The predicted octanol–water partition coefficient (Wildman–Crippen LogP) is 4.90. The molecule has 1 aromatic rings. The molecule has 1 aromatic carbocycles. The minimum atomic E-state index is 0.213. The molecule has 0 N–H and O–H groups in total. The van der Waals surface area contributed by atoms with Crippen LogP contribution in [-0.4, -0.2) is 19.3 Å². The van der Waals surface area contributed by atoms with Gasteiger partial charge in [0.1, 0.15) is 12.4 Å². The van der Waals surface area contributed by atoms with Gasteiger partial charge in [0.05, 0.1) is 15.0 Å². The Bertz CT molecular complexity index is 383. The zero-order chi connectivity index (χ0) is 13.0. The third-order valence-electron chi connectivity index (χ3n) is 2.90. The third kappa shape index (κ3) is 3.86. The molecule has 1 heterocycles. The molecule has 100 valence electrons. The predicted molar refractivity (Wildman–Crippen MR) is 80.5 cm³/mol. The monoisotopic (exact) mass is 396 g/mol. The van der Waals surface area contributed by atoms with E-state index < -0.39 is 0 Å². The first-order chi connectivity index (χ1) is 8.70. The summed E-state index contributed by atoms with van der Waals surface area (Å²) in [6, 6.07) is 3.96. The molecule has 2 rings (SSSR count). The molecule has 1 unspecified atom stereocenters. The minimum Gasteiger partial charge on any atom is -0.489 e. The van der Waals surface area contributed by atoms with Crippen LogP contribution in [0.25, 0.3) is 0 Å². The molecule has 1 aliphatic rings. The van der Waals surface area contributed by atoms with E-state index in [1.165, 1.54) is 6.42 Å². The molecule has 0 amide bonds. The SMILES string of the molecule is ClCc1cc(Br)c(OCC2CCCCO2)c(Br)c1. The van der Waals surface area contributed by atoms with Gasteiger partial charge < -0.3 is 9.47 Å². The zero-order valence-electron chi connectivity index (χ0n) is 9.93. The van der Waals surface area contributed by atoms with Crippen molar-refractivity contribution in [3.8, 4) is 5.75 Å². The molecule has 1 atom stereocenters. The van der Waals surface area contributed by atoms with Gasteiger partial charge in [-0.05, 0) is 68.8 Å². The van der Waals surface area contributed by atoms with E-state index in [1.54, 1.807) is 0 Å². The first-order valence-corrected chi connectivity index (χ1v) is 8.11. The Morgan fingerprint density at radius 1 is 1.28 bits per heavy atom. The molecule has 0 aliphatic carbocycles. The lowest BCUT2D eigenvalue weighted by molar-refractivity contribution is -0.0113. The van der Waals surface area contributed by atoms with Crippen LogP contribution < -0.4 is 4.74 Å². The lowest BCUT2D eigenvalue weighted by Gasteiger charge is -2.23. The molecular weight excluding hydrogens is 383 g/mol. The number of rotatable bonds is 4. The molecule has 0 spiro atoms. The maximum atomic E-state index is 5.84. The van der Waals surface area contributed by atoms with Gasteiger partial charge in [-0.3, -0.25) is 0 Å². The fourth-order valence-electron chi connectivity index (χ4n) is 1.94. The van der Waals surface area contributed by atoms with Gasteiger partial charge in [-0.2, -0.15) is 0 Å². The summed E-state index contributed by atoms with van der Waals surface area (Å²) in [5.74, 6) is 1.31. The van der Waals surface area contributed by atoms with Crippen molar-refractivity contribution in [2.75, 3.05) is 13.2 Å². The van der Waals surface area contributed by atoms with Crippen LogP contribution in [0.3, 0.4) is 0 Å². The van der Waals surface area contributed by atoms with Crippen LogP contribution in [0.5, 0.6) is 5.75 Å². The zero-order valence-corrected chi connectivity index (χ0v) is 13.9. The van der Waals surface area contributed by atoms with Crippen LogP contribution in [0.15, 0.2) is 21.1 Å². The summed E-state index contributed by atoms with van der Waals surface area (Å²) in [7, 11) is 0. The van der Waals surface area contributed by atoms with Crippen LogP contribution in [0.1, 0.15) is 24.8 Å². The molecule has 1 aliphatic heterocycles. The fraction of sp³-hybridized carbons (Fsp3) is 0.538. The van der Waals surface area contributed by atoms with Gasteiger partial charge in [-0.25, -0.2) is 0 Å². The van der Waals surface area contributed by atoms with Crippen LogP contribution in [0, 0.1) is 0 Å². The summed E-state index contributed by atoms with van der Waals surface area (Å²) in [5.41, 5.74) is 1.05. The van der Waals surface area contributed by atoms with E-state index in [2.05, 4.69) is 31.9 Å².